The molecule has 0 unspecified atom stereocenters. The van der Waals surface area contributed by atoms with Crippen molar-refractivity contribution in [2.75, 3.05) is 6.61 Å². The van der Waals surface area contributed by atoms with Crippen molar-refractivity contribution in [2.45, 2.75) is 0 Å². The standard InChI is InChI=1S/C20H16N2O3/c1-2-14-25-19-5-3-4-16-9-11-17(21-20(16)19)10-6-15-7-12-18(13-8-15)22(23)24/h2-13H,1,14H2. The lowest BCUT2D eigenvalue weighted by Crippen LogP contribution is -1.95. The molecule has 25 heavy (non-hydrogen) atoms. The van der Waals surface area contributed by atoms with Gasteiger partial charge in [0.2, 0.25) is 0 Å². The molecule has 5 nitrogen and oxygen atoms in total. The fourth-order valence-corrected chi connectivity index (χ4v) is 2.38. The number of non-ortho nitro benzene ring substituents is 1. The highest BCUT2D eigenvalue weighted by Crippen LogP contribution is 2.24. The molecule has 0 fully saturated rings. The molecule has 0 radical (unpaired) electrons. The second-order valence-electron chi connectivity index (χ2n) is 5.35. The molecule has 0 atom stereocenters. The molecule has 0 aliphatic rings. The summed E-state index contributed by atoms with van der Waals surface area (Å²) in [6.07, 6.45) is 5.42. The number of ether oxygens (including phenoxy) is 1. The van der Waals surface area contributed by atoms with Gasteiger partial charge in [0, 0.05) is 17.5 Å². The van der Waals surface area contributed by atoms with Crippen LogP contribution in [0.5, 0.6) is 5.75 Å². The van der Waals surface area contributed by atoms with Crippen LogP contribution in [0.1, 0.15) is 11.3 Å². The first-order valence-electron chi connectivity index (χ1n) is 7.73. The lowest BCUT2D eigenvalue weighted by molar-refractivity contribution is -0.384. The lowest BCUT2D eigenvalue weighted by Gasteiger charge is -2.07. The molecule has 3 rings (SSSR count). The van der Waals surface area contributed by atoms with E-state index in [4.69, 9.17) is 4.74 Å². The van der Waals surface area contributed by atoms with E-state index in [0.29, 0.717) is 12.4 Å². The number of pyridine rings is 1. The Kier molecular flexibility index (Phi) is 4.85. The molecule has 0 amide bonds. The summed E-state index contributed by atoms with van der Waals surface area (Å²) in [5, 5.41) is 11.7. The second-order valence-corrected chi connectivity index (χ2v) is 5.35. The Labute approximate surface area is 145 Å². The van der Waals surface area contributed by atoms with Gasteiger partial charge in [-0.05, 0) is 35.9 Å². The summed E-state index contributed by atoms with van der Waals surface area (Å²) in [5.41, 5.74) is 2.50. The van der Waals surface area contributed by atoms with Crippen molar-refractivity contribution in [1.29, 1.82) is 0 Å². The highest BCUT2D eigenvalue weighted by Gasteiger charge is 2.04. The van der Waals surface area contributed by atoms with E-state index in [0.717, 1.165) is 22.2 Å². The summed E-state index contributed by atoms with van der Waals surface area (Å²) in [5.74, 6) is 0.711. The Morgan fingerprint density at radius 3 is 2.60 bits per heavy atom. The number of hydrogen-bond acceptors (Lipinski definition) is 4. The molecule has 0 N–H and O–H groups in total. The molecular formula is C20H16N2O3. The molecular weight excluding hydrogens is 316 g/mol. The minimum Gasteiger partial charge on any atom is -0.487 e. The number of aromatic nitrogens is 1. The molecule has 0 spiro atoms. The van der Waals surface area contributed by atoms with Crippen LogP contribution in [0, 0.1) is 10.1 Å². The van der Waals surface area contributed by atoms with Crippen LogP contribution < -0.4 is 4.74 Å². The number of rotatable bonds is 6. The van der Waals surface area contributed by atoms with E-state index in [1.165, 1.54) is 12.1 Å². The van der Waals surface area contributed by atoms with Gasteiger partial charge in [0.15, 0.2) is 0 Å². The molecule has 5 heteroatoms. The average molecular weight is 332 g/mol. The number of para-hydroxylation sites is 1. The van der Waals surface area contributed by atoms with Gasteiger partial charge in [0.05, 0.1) is 10.6 Å². The van der Waals surface area contributed by atoms with E-state index in [2.05, 4.69) is 11.6 Å². The fraction of sp³-hybridized carbons (Fsp3) is 0.0500. The summed E-state index contributed by atoms with van der Waals surface area (Å²) >= 11 is 0. The molecule has 0 aliphatic carbocycles. The first-order chi connectivity index (χ1) is 12.2. The third-order valence-corrected chi connectivity index (χ3v) is 3.61. The van der Waals surface area contributed by atoms with Crippen molar-refractivity contribution >= 4 is 28.7 Å². The van der Waals surface area contributed by atoms with Gasteiger partial charge >= 0.3 is 0 Å². The molecule has 1 aromatic heterocycles. The summed E-state index contributed by atoms with van der Waals surface area (Å²) in [4.78, 5) is 14.9. The number of fused-ring (bicyclic) bond motifs is 1. The van der Waals surface area contributed by atoms with Crippen LogP contribution >= 0.6 is 0 Å². The molecule has 1 heterocycles. The van der Waals surface area contributed by atoms with Gasteiger partial charge in [-0.2, -0.15) is 0 Å². The Morgan fingerprint density at radius 1 is 1.08 bits per heavy atom. The van der Waals surface area contributed by atoms with Gasteiger partial charge in [-0.25, -0.2) is 4.98 Å². The van der Waals surface area contributed by atoms with Crippen molar-refractivity contribution in [3.05, 3.63) is 88.6 Å². The summed E-state index contributed by atoms with van der Waals surface area (Å²) < 4.78 is 5.65. The highest BCUT2D eigenvalue weighted by molar-refractivity contribution is 5.86. The first-order valence-corrected chi connectivity index (χ1v) is 7.73. The highest BCUT2D eigenvalue weighted by atomic mass is 16.6. The molecule has 0 bridgehead atoms. The third-order valence-electron chi connectivity index (χ3n) is 3.61. The van der Waals surface area contributed by atoms with E-state index in [9.17, 15) is 10.1 Å². The van der Waals surface area contributed by atoms with Gasteiger partial charge in [0.25, 0.3) is 5.69 Å². The summed E-state index contributed by atoms with van der Waals surface area (Å²) in [7, 11) is 0. The molecule has 0 aliphatic heterocycles. The number of nitro benzene ring substituents is 1. The zero-order valence-electron chi connectivity index (χ0n) is 13.5. The van der Waals surface area contributed by atoms with E-state index in [1.807, 2.05) is 42.5 Å². The minimum atomic E-state index is -0.414. The molecule has 0 saturated carbocycles. The quantitative estimate of drug-likeness (QED) is 0.367. The maximum atomic E-state index is 10.7. The third kappa shape index (κ3) is 3.90. The number of benzene rings is 2. The van der Waals surface area contributed by atoms with Crippen LogP contribution in [-0.4, -0.2) is 16.5 Å². The van der Waals surface area contributed by atoms with Crippen LogP contribution in [0.15, 0.2) is 67.3 Å². The topological polar surface area (TPSA) is 65.3 Å². The van der Waals surface area contributed by atoms with Crippen LogP contribution in [-0.2, 0) is 0 Å². The van der Waals surface area contributed by atoms with Gasteiger partial charge in [-0.15, -0.1) is 0 Å². The van der Waals surface area contributed by atoms with E-state index >= 15 is 0 Å². The van der Waals surface area contributed by atoms with Gasteiger partial charge in [-0.3, -0.25) is 10.1 Å². The van der Waals surface area contributed by atoms with Crippen molar-refractivity contribution in [3.63, 3.8) is 0 Å². The minimum absolute atomic E-state index is 0.0741. The van der Waals surface area contributed by atoms with Crippen LogP contribution in [0.4, 0.5) is 5.69 Å². The first kappa shape index (κ1) is 16.4. The van der Waals surface area contributed by atoms with Crippen LogP contribution in [0.3, 0.4) is 0 Å². The van der Waals surface area contributed by atoms with Crippen LogP contribution in [0.2, 0.25) is 0 Å². The second kappa shape index (κ2) is 7.40. The predicted octanol–water partition coefficient (Wildman–Crippen LogP) is 4.88. The number of nitro groups is 1. The predicted molar refractivity (Wildman–Crippen MR) is 99.5 cm³/mol. The number of nitrogens with zero attached hydrogens (tertiary/aromatic N) is 2. The average Bonchev–Trinajstić information content (AvgIpc) is 2.64. The maximum Gasteiger partial charge on any atom is 0.269 e. The SMILES string of the molecule is C=CCOc1cccc2ccc(C=Cc3ccc([N+](=O)[O-])cc3)nc12. The fourth-order valence-electron chi connectivity index (χ4n) is 2.38. The largest absolute Gasteiger partial charge is 0.487 e. The summed E-state index contributed by atoms with van der Waals surface area (Å²) in [6, 6.07) is 16.1. The summed E-state index contributed by atoms with van der Waals surface area (Å²) in [6.45, 7) is 4.07. The molecule has 124 valence electrons. The Morgan fingerprint density at radius 2 is 1.88 bits per heavy atom. The van der Waals surface area contributed by atoms with Crippen molar-refractivity contribution in [1.82, 2.24) is 4.98 Å². The maximum absolute atomic E-state index is 10.7. The van der Waals surface area contributed by atoms with Gasteiger partial charge in [-0.1, -0.05) is 36.9 Å². The Bertz CT molecular complexity index is 947. The van der Waals surface area contributed by atoms with Crippen molar-refractivity contribution in [3.8, 4) is 5.75 Å². The Hall–Kier alpha value is -3.47. The molecule has 2 aromatic carbocycles. The zero-order chi connectivity index (χ0) is 17.6. The van der Waals surface area contributed by atoms with Crippen LogP contribution in [0.25, 0.3) is 23.1 Å². The van der Waals surface area contributed by atoms with E-state index < -0.39 is 4.92 Å². The normalized spacial score (nSPS) is 10.9. The van der Waals surface area contributed by atoms with Gasteiger partial charge < -0.3 is 4.74 Å². The van der Waals surface area contributed by atoms with Crippen molar-refractivity contribution in [2.24, 2.45) is 0 Å². The lowest BCUT2D eigenvalue weighted by atomic mass is 10.1. The van der Waals surface area contributed by atoms with Gasteiger partial charge in [0.1, 0.15) is 17.9 Å². The van der Waals surface area contributed by atoms with E-state index in [-0.39, 0.29) is 5.69 Å². The molecule has 0 saturated heterocycles. The smallest absolute Gasteiger partial charge is 0.269 e. The zero-order valence-corrected chi connectivity index (χ0v) is 13.5. The molecule has 3 aromatic rings. The van der Waals surface area contributed by atoms with E-state index in [1.54, 1.807) is 18.2 Å². The monoisotopic (exact) mass is 332 g/mol. The van der Waals surface area contributed by atoms with Crippen molar-refractivity contribution < 1.29 is 9.66 Å². The number of hydrogen-bond donors (Lipinski definition) is 0. The Balaban J connectivity index is 1.87.